The molecule has 1 aromatic carbocycles. The number of fused-ring (bicyclic) bond motifs is 1. The summed E-state index contributed by atoms with van der Waals surface area (Å²) in [6, 6.07) is 7.76. The highest BCUT2D eigenvalue weighted by Crippen LogP contribution is 2.35. The van der Waals surface area contributed by atoms with Gasteiger partial charge in [0, 0.05) is 50.7 Å². The monoisotopic (exact) mass is 466 g/mol. The molecule has 0 spiro atoms. The minimum atomic E-state index is 0.125. The van der Waals surface area contributed by atoms with E-state index in [1.165, 1.54) is 11.8 Å². The molecular weight excluding hydrogens is 440 g/mol. The summed E-state index contributed by atoms with van der Waals surface area (Å²) in [5.41, 5.74) is 2.02. The van der Waals surface area contributed by atoms with Crippen LogP contribution >= 0.6 is 11.8 Å². The number of nitrogens with zero attached hydrogens (tertiary/aromatic N) is 6. The molecule has 2 aromatic heterocycles. The number of hydrogen-bond donors (Lipinski definition) is 0. The molecule has 5 rings (SSSR count). The lowest BCUT2D eigenvalue weighted by molar-refractivity contribution is -0.128. The summed E-state index contributed by atoms with van der Waals surface area (Å²) in [4.78, 5) is 30.1. The van der Waals surface area contributed by atoms with Crippen LogP contribution in [0.4, 0.5) is 5.95 Å². The molecule has 10 heteroatoms. The van der Waals surface area contributed by atoms with E-state index in [1.54, 1.807) is 18.5 Å². The van der Waals surface area contributed by atoms with Gasteiger partial charge in [0.1, 0.15) is 13.2 Å². The fourth-order valence-corrected chi connectivity index (χ4v) is 4.99. The van der Waals surface area contributed by atoms with E-state index in [9.17, 15) is 4.79 Å². The fourth-order valence-electron chi connectivity index (χ4n) is 4.04. The molecule has 0 N–H and O–H groups in total. The lowest BCUT2D eigenvalue weighted by atomic mass is 10.1. The van der Waals surface area contributed by atoms with E-state index in [2.05, 4.69) is 31.3 Å². The standard InChI is InChI=1S/C23H26N6O3S/c1-2-29-18(17-4-5-19-20(14-17)32-13-12-31-19)15-26-23(29)33-16-21(30)27-8-10-28(11-9-27)22-24-6-3-7-25-22/h3-7,14-15H,2,8-13,16H2,1H3. The van der Waals surface area contributed by atoms with Crippen LogP contribution in [0.1, 0.15) is 6.92 Å². The third-order valence-electron chi connectivity index (χ3n) is 5.77. The van der Waals surface area contributed by atoms with Crippen molar-refractivity contribution in [1.29, 1.82) is 0 Å². The normalized spacial score (nSPS) is 15.5. The van der Waals surface area contributed by atoms with Crippen molar-refractivity contribution in [2.75, 3.05) is 50.0 Å². The van der Waals surface area contributed by atoms with Gasteiger partial charge in [-0.15, -0.1) is 0 Å². The lowest BCUT2D eigenvalue weighted by Gasteiger charge is -2.34. The summed E-state index contributed by atoms with van der Waals surface area (Å²) < 4.78 is 13.5. The molecule has 1 saturated heterocycles. The van der Waals surface area contributed by atoms with Gasteiger partial charge in [-0.1, -0.05) is 11.8 Å². The zero-order valence-corrected chi connectivity index (χ0v) is 19.3. The third-order valence-corrected chi connectivity index (χ3v) is 6.74. The van der Waals surface area contributed by atoms with E-state index < -0.39 is 0 Å². The third kappa shape index (κ3) is 4.61. The quantitative estimate of drug-likeness (QED) is 0.513. The predicted octanol–water partition coefficient (Wildman–Crippen LogP) is 2.57. The first-order valence-corrected chi connectivity index (χ1v) is 12.1. The predicted molar refractivity (Wildman–Crippen MR) is 126 cm³/mol. The Kier molecular flexibility index (Phi) is 6.34. The van der Waals surface area contributed by atoms with Gasteiger partial charge in [-0.05, 0) is 31.2 Å². The van der Waals surface area contributed by atoms with Crippen LogP contribution in [-0.2, 0) is 11.3 Å². The number of piperazine rings is 1. The van der Waals surface area contributed by atoms with Crippen LogP contribution in [-0.4, -0.2) is 75.5 Å². The molecule has 0 bridgehead atoms. The molecule has 0 saturated carbocycles. The van der Waals surface area contributed by atoms with Gasteiger partial charge < -0.3 is 23.8 Å². The van der Waals surface area contributed by atoms with Gasteiger partial charge >= 0.3 is 0 Å². The first kappa shape index (κ1) is 21.6. The summed E-state index contributed by atoms with van der Waals surface area (Å²) in [6.07, 6.45) is 5.34. The topological polar surface area (TPSA) is 85.6 Å². The summed E-state index contributed by atoms with van der Waals surface area (Å²) in [6.45, 7) is 6.78. The van der Waals surface area contributed by atoms with Gasteiger partial charge in [0.15, 0.2) is 16.7 Å². The number of carbonyl (C=O) groups is 1. The van der Waals surface area contributed by atoms with Crippen molar-refractivity contribution in [3.05, 3.63) is 42.9 Å². The lowest BCUT2D eigenvalue weighted by Crippen LogP contribution is -2.49. The number of benzene rings is 1. The summed E-state index contributed by atoms with van der Waals surface area (Å²) >= 11 is 1.48. The minimum absolute atomic E-state index is 0.125. The Balaban J connectivity index is 1.21. The molecule has 1 fully saturated rings. The van der Waals surface area contributed by atoms with Gasteiger partial charge in [-0.25, -0.2) is 15.0 Å². The summed E-state index contributed by atoms with van der Waals surface area (Å²) in [7, 11) is 0. The zero-order valence-electron chi connectivity index (χ0n) is 18.5. The second-order valence-corrected chi connectivity index (χ2v) is 8.68. The molecule has 4 heterocycles. The molecular formula is C23H26N6O3S. The molecule has 0 unspecified atom stereocenters. The Labute approximate surface area is 196 Å². The highest BCUT2D eigenvalue weighted by molar-refractivity contribution is 7.99. The molecule has 172 valence electrons. The van der Waals surface area contributed by atoms with Crippen molar-refractivity contribution in [3.63, 3.8) is 0 Å². The van der Waals surface area contributed by atoms with Gasteiger partial charge in [0.25, 0.3) is 0 Å². The van der Waals surface area contributed by atoms with Gasteiger partial charge in [0.05, 0.1) is 17.6 Å². The molecule has 9 nitrogen and oxygen atoms in total. The van der Waals surface area contributed by atoms with Crippen LogP contribution in [0.25, 0.3) is 11.3 Å². The van der Waals surface area contributed by atoms with Crippen molar-refractivity contribution < 1.29 is 14.3 Å². The van der Waals surface area contributed by atoms with E-state index in [-0.39, 0.29) is 5.91 Å². The van der Waals surface area contributed by atoms with E-state index in [0.29, 0.717) is 32.1 Å². The summed E-state index contributed by atoms with van der Waals surface area (Å²) in [5, 5.41) is 0.840. The van der Waals surface area contributed by atoms with E-state index in [1.807, 2.05) is 29.3 Å². The Bertz CT molecular complexity index is 1110. The highest BCUT2D eigenvalue weighted by atomic mass is 32.2. The first-order chi connectivity index (χ1) is 16.2. The minimum Gasteiger partial charge on any atom is -0.486 e. The maximum absolute atomic E-state index is 12.8. The number of aromatic nitrogens is 4. The number of rotatable bonds is 6. The van der Waals surface area contributed by atoms with Crippen LogP contribution < -0.4 is 14.4 Å². The smallest absolute Gasteiger partial charge is 0.233 e. The van der Waals surface area contributed by atoms with Gasteiger partial charge in [-0.2, -0.15) is 0 Å². The zero-order chi connectivity index (χ0) is 22.6. The Morgan fingerprint density at radius 1 is 1.03 bits per heavy atom. The Hall–Kier alpha value is -3.27. The van der Waals surface area contributed by atoms with Gasteiger partial charge in [0.2, 0.25) is 11.9 Å². The van der Waals surface area contributed by atoms with Crippen LogP contribution in [0.2, 0.25) is 0 Å². The van der Waals surface area contributed by atoms with Crippen molar-refractivity contribution >= 4 is 23.6 Å². The Morgan fingerprint density at radius 3 is 2.55 bits per heavy atom. The van der Waals surface area contributed by atoms with Crippen molar-refractivity contribution in [2.24, 2.45) is 0 Å². The number of hydrogen-bond acceptors (Lipinski definition) is 8. The SMILES string of the molecule is CCn1c(-c2ccc3c(c2)OCCO3)cnc1SCC(=O)N1CCN(c2ncccn2)CC1. The largest absolute Gasteiger partial charge is 0.486 e. The van der Waals surface area contributed by atoms with Crippen LogP contribution in [0.3, 0.4) is 0 Å². The molecule has 0 atom stereocenters. The molecule has 33 heavy (non-hydrogen) atoms. The number of anilines is 1. The molecule has 3 aromatic rings. The molecule has 2 aliphatic rings. The fraction of sp³-hybridized carbons (Fsp3) is 0.391. The maximum Gasteiger partial charge on any atom is 0.233 e. The van der Waals surface area contributed by atoms with Crippen LogP contribution in [0, 0.1) is 0 Å². The molecule has 2 aliphatic heterocycles. The summed E-state index contributed by atoms with van der Waals surface area (Å²) in [5.74, 6) is 2.73. The van der Waals surface area contributed by atoms with Crippen molar-refractivity contribution in [2.45, 2.75) is 18.6 Å². The van der Waals surface area contributed by atoms with Gasteiger partial charge in [-0.3, -0.25) is 4.79 Å². The number of amides is 1. The average molecular weight is 467 g/mol. The Morgan fingerprint density at radius 2 is 1.79 bits per heavy atom. The average Bonchev–Trinajstić information content (AvgIpc) is 3.30. The first-order valence-electron chi connectivity index (χ1n) is 11.1. The number of imidazole rings is 1. The van der Waals surface area contributed by atoms with Crippen LogP contribution in [0.15, 0.2) is 48.0 Å². The molecule has 0 radical (unpaired) electrons. The maximum atomic E-state index is 12.8. The second-order valence-electron chi connectivity index (χ2n) is 7.73. The number of carbonyl (C=O) groups excluding carboxylic acids is 1. The van der Waals surface area contributed by atoms with E-state index >= 15 is 0 Å². The van der Waals surface area contributed by atoms with Crippen molar-refractivity contribution in [1.82, 2.24) is 24.4 Å². The second kappa shape index (κ2) is 9.70. The molecule has 1 amide bonds. The van der Waals surface area contributed by atoms with Crippen LogP contribution in [0.5, 0.6) is 11.5 Å². The number of thioether (sulfide) groups is 1. The number of ether oxygens (including phenoxy) is 2. The highest BCUT2D eigenvalue weighted by Gasteiger charge is 2.23. The van der Waals surface area contributed by atoms with Crippen molar-refractivity contribution in [3.8, 4) is 22.8 Å². The van der Waals surface area contributed by atoms with E-state index in [0.717, 1.165) is 53.5 Å². The molecule has 0 aliphatic carbocycles. The van der Waals surface area contributed by atoms with E-state index in [4.69, 9.17) is 9.47 Å².